The second-order valence-corrected chi connectivity index (χ2v) is 11.4. The molecule has 0 saturated heterocycles. The van der Waals surface area contributed by atoms with Crippen molar-refractivity contribution in [2.45, 2.75) is 0 Å². The molecule has 0 fully saturated rings. The lowest BCUT2D eigenvalue weighted by Gasteiger charge is -2.27. The average Bonchev–Trinajstić information content (AvgIpc) is 2.97. The van der Waals surface area contributed by atoms with Crippen molar-refractivity contribution in [3.05, 3.63) is 168 Å². The van der Waals surface area contributed by atoms with Crippen LogP contribution in [0, 0.1) is 0 Å². The zero-order valence-corrected chi connectivity index (χ0v) is 20.7. The normalized spacial score (nSPS) is 11.6. The lowest BCUT2D eigenvalue weighted by Crippen LogP contribution is -2.25. The van der Waals surface area contributed by atoms with Gasteiger partial charge in [0.1, 0.15) is 5.70 Å². The average molecular weight is 484 g/mol. The highest BCUT2D eigenvalue weighted by Crippen LogP contribution is 2.48. The summed E-state index contributed by atoms with van der Waals surface area (Å²) in [6.07, 6.45) is 1.92. The molecule has 0 aliphatic rings. The minimum Gasteiger partial charge on any atom is -0.287 e. The standard InChI is InChI=1S/C33H26NOP/c35-33(28-18-8-2-9-19-28)32(26-27-16-6-1-7-17-27)34-36(29-20-10-3-11-21-29,30-22-12-4-13-23-30)31-24-14-5-15-25-31/h1-26H/b32-26-. The van der Waals surface area contributed by atoms with Crippen molar-refractivity contribution in [2.75, 3.05) is 0 Å². The fourth-order valence-corrected chi connectivity index (χ4v) is 7.82. The van der Waals surface area contributed by atoms with E-state index in [1.165, 1.54) is 0 Å². The first-order valence-corrected chi connectivity index (χ1v) is 13.7. The van der Waals surface area contributed by atoms with Crippen LogP contribution in [0.1, 0.15) is 15.9 Å². The molecule has 0 aromatic heterocycles. The summed E-state index contributed by atoms with van der Waals surface area (Å²) in [5, 5.41) is 3.30. The van der Waals surface area contributed by atoms with Gasteiger partial charge in [-0.2, -0.15) is 0 Å². The molecule has 36 heavy (non-hydrogen) atoms. The highest BCUT2D eigenvalue weighted by Gasteiger charge is 2.29. The lowest BCUT2D eigenvalue weighted by atomic mass is 10.1. The number of hydrogen-bond donors (Lipinski definition) is 0. The Morgan fingerprint density at radius 2 is 0.861 bits per heavy atom. The highest BCUT2D eigenvalue weighted by atomic mass is 31.2. The number of carbonyl (C=O) groups is 1. The first-order valence-electron chi connectivity index (χ1n) is 11.9. The Hall–Kier alpha value is -4.26. The molecule has 0 radical (unpaired) electrons. The van der Waals surface area contributed by atoms with Crippen molar-refractivity contribution in [2.24, 2.45) is 4.74 Å². The Bertz CT molecular complexity index is 1410. The summed E-state index contributed by atoms with van der Waals surface area (Å²) in [4.78, 5) is 14.0. The molecule has 5 aromatic rings. The maximum absolute atomic E-state index is 14.0. The molecule has 5 rings (SSSR count). The van der Waals surface area contributed by atoms with Crippen LogP contribution < -0.4 is 15.9 Å². The van der Waals surface area contributed by atoms with Gasteiger partial charge in [-0.1, -0.05) is 152 Å². The molecule has 0 aliphatic carbocycles. The van der Waals surface area contributed by atoms with Crippen molar-refractivity contribution in [3.63, 3.8) is 0 Å². The molecule has 0 saturated carbocycles. The minimum atomic E-state index is -2.58. The lowest BCUT2D eigenvalue weighted by molar-refractivity contribution is 0.103. The number of Topliss-reactive ketones (excluding diaryl/α,β-unsaturated/α-hetero) is 1. The van der Waals surface area contributed by atoms with Crippen LogP contribution in [0.25, 0.3) is 6.08 Å². The Morgan fingerprint density at radius 1 is 0.500 bits per heavy atom. The van der Waals surface area contributed by atoms with E-state index in [1.54, 1.807) is 0 Å². The van der Waals surface area contributed by atoms with Crippen molar-refractivity contribution >= 4 is 34.8 Å². The topological polar surface area (TPSA) is 29.4 Å². The van der Waals surface area contributed by atoms with Gasteiger partial charge in [0.2, 0.25) is 5.78 Å². The molecule has 5 aromatic carbocycles. The monoisotopic (exact) mass is 483 g/mol. The van der Waals surface area contributed by atoms with E-state index < -0.39 is 7.05 Å². The molecule has 0 unspecified atom stereocenters. The van der Waals surface area contributed by atoms with Crippen molar-refractivity contribution in [1.29, 1.82) is 0 Å². The van der Waals surface area contributed by atoms with Gasteiger partial charge >= 0.3 is 0 Å². The van der Waals surface area contributed by atoms with E-state index in [2.05, 4.69) is 36.4 Å². The van der Waals surface area contributed by atoms with Crippen LogP contribution in [0.3, 0.4) is 0 Å². The van der Waals surface area contributed by atoms with Crippen LogP contribution in [-0.4, -0.2) is 5.78 Å². The third-order valence-corrected chi connectivity index (χ3v) is 9.67. The Balaban J connectivity index is 1.88. The van der Waals surface area contributed by atoms with Gasteiger partial charge in [-0.3, -0.25) is 4.79 Å². The number of rotatable bonds is 7. The predicted molar refractivity (Wildman–Crippen MR) is 153 cm³/mol. The molecule has 174 valence electrons. The number of hydrogen-bond acceptors (Lipinski definition) is 2. The number of allylic oxidation sites excluding steroid dienone is 1. The van der Waals surface area contributed by atoms with E-state index in [4.69, 9.17) is 4.74 Å². The summed E-state index contributed by atoms with van der Waals surface area (Å²) < 4.78 is 5.51. The fourth-order valence-electron chi connectivity index (χ4n) is 4.30. The summed E-state index contributed by atoms with van der Waals surface area (Å²) in [6, 6.07) is 50.4. The highest BCUT2D eigenvalue weighted by molar-refractivity contribution is 7.87. The van der Waals surface area contributed by atoms with E-state index >= 15 is 0 Å². The zero-order valence-electron chi connectivity index (χ0n) is 19.8. The molecule has 2 nitrogen and oxygen atoms in total. The van der Waals surface area contributed by atoms with Gasteiger partial charge in [-0.15, -0.1) is 0 Å². The quantitative estimate of drug-likeness (QED) is 0.138. The second-order valence-electron chi connectivity index (χ2n) is 8.38. The Kier molecular flexibility index (Phi) is 7.17. The van der Waals surface area contributed by atoms with E-state index in [0.717, 1.165) is 21.5 Å². The molecule has 3 heteroatoms. The molecular weight excluding hydrogens is 457 g/mol. The minimum absolute atomic E-state index is 0.0911. The van der Waals surface area contributed by atoms with Gasteiger partial charge in [0.25, 0.3) is 0 Å². The molecular formula is C33H26NOP. The number of ketones is 1. The van der Waals surface area contributed by atoms with Crippen LogP contribution in [0.15, 0.2) is 162 Å². The van der Waals surface area contributed by atoms with E-state index in [0.29, 0.717) is 11.3 Å². The first-order chi connectivity index (χ1) is 17.8. The third-order valence-electron chi connectivity index (χ3n) is 6.02. The first kappa shape index (κ1) is 23.5. The number of nitrogens with zero attached hydrogens (tertiary/aromatic N) is 1. The van der Waals surface area contributed by atoms with E-state index in [9.17, 15) is 4.79 Å². The van der Waals surface area contributed by atoms with Crippen molar-refractivity contribution in [1.82, 2.24) is 0 Å². The Morgan fingerprint density at radius 3 is 1.28 bits per heavy atom. The van der Waals surface area contributed by atoms with Crippen LogP contribution in [0.4, 0.5) is 0 Å². The second kappa shape index (κ2) is 11.0. The summed E-state index contributed by atoms with van der Waals surface area (Å²) in [6.45, 7) is 0. The maximum Gasteiger partial charge on any atom is 0.211 e. The summed E-state index contributed by atoms with van der Waals surface area (Å²) in [7, 11) is -2.58. The maximum atomic E-state index is 14.0. The van der Waals surface area contributed by atoms with Crippen molar-refractivity contribution < 1.29 is 4.79 Å². The van der Waals surface area contributed by atoms with E-state index in [1.807, 2.05) is 121 Å². The summed E-state index contributed by atoms with van der Waals surface area (Å²) in [5.41, 5.74) is 2.00. The molecule has 0 N–H and O–H groups in total. The van der Waals surface area contributed by atoms with E-state index in [-0.39, 0.29) is 5.78 Å². The van der Waals surface area contributed by atoms with Gasteiger partial charge < -0.3 is 0 Å². The smallest absolute Gasteiger partial charge is 0.211 e. The zero-order chi connectivity index (χ0) is 24.6. The van der Waals surface area contributed by atoms with Crippen molar-refractivity contribution in [3.8, 4) is 0 Å². The molecule has 0 atom stereocenters. The molecule has 0 aliphatic heterocycles. The molecule has 0 heterocycles. The molecule has 0 amide bonds. The van der Waals surface area contributed by atoms with Crippen LogP contribution in [0.5, 0.6) is 0 Å². The van der Waals surface area contributed by atoms with Gasteiger partial charge in [0.15, 0.2) is 0 Å². The van der Waals surface area contributed by atoms with Gasteiger partial charge in [0, 0.05) is 21.5 Å². The third kappa shape index (κ3) is 4.91. The predicted octanol–water partition coefficient (Wildman–Crippen LogP) is 7.09. The van der Waals surface area contributed by atoms with Gasteiger partial charge in [-0.25, -0.2) is 4.74 Å². The number of benzene rings is 5. The molecule has 0 spiro atoms. The molecule has 0 bridgehead atoms. The SMILES string of the molecule is O=C(/C(=C/c1ccccc1)N=P(c1ccccc1)(c1ccccc1)c1ccccc1)c1ccccc1. The fraction of sp³-hybridized carbons (Fsp3) is 0. The Labute approximate surface area is 212 Å². The van der Waals surface area contributed by atoms with Gasteiger partial charge in [0.05, 0.1) is 7.05 Å². The summed E-state index contributed by atoms with van der Waals surface area (Å²) in [5.74, 6) is -0.0911. The van der Waals surface area contributed by atoms with Crippen LogP contribution in [-0.2, 0) is 0 Å². The van der Waals surface area contributed by atoms with Gasteiger partial charge in [-0.05, 0) is 11.6 Å². The van der Waals surface area contributed by atoms with Crippen LogP contribution in [0.2, 0.25) is 0 Å². The largest absolute Gasteiger partial charge is 0.287 e. The number of carbonyl (C=O) groups excluding carboxylic acids is 1. The summed E-state index contributed by atoms with van der Waals surface area (Å²) >= 11 is 0. The van der Waals surface area contributed by atoms with Crippen LogP contribution >= 0.6 is 7.05 Å².